The second-order valence-electron chi connectivity index (χ2n) is 6.97. The van der Waals surface area contributed by atoms with E-state index >= 15 is 0 Å². The average Bonchev–Trinajstić information content (AvgIpc) is 2.98. The van der Waals surface area contributed by atoms with Gasteiger partial charge in [0.05, 0.1) is 24.7 Å². The van der Waals surface area contributed by atoms with Gasteiger partial charge in [-0.05, 0) is 36.1 Å². The number of fused-ring (bicyclic) bond motifs is 2. The highest BCUT2D eigenvalue weighted by molar-refractivity contribution is 5.89. The van der Waals surface area contributed by atoms with Crippen molar-refractivity contribution in [1.29, 1.82) is 0 Å². The Labute approximate surface area is 158 Å². The molecule has 28 heavy (non-hydrogen) atoms. The van der Waals surface area contributed by atoms with Crippen molar-refractivity contribution in [2.75, 3.05) is 26.2 Å². The van der Waals surface area contributed by atoms with Crippen LogP contribution in [0.1, 0.15) is 24.0 Å². The van der Waals surface area contributed by atoms with E-state index in [9.17, 15) is 32.3 Å². The molecule has 0 bridgehead atoms. The zero-order valence-corrected chi connectivity index (χ0v) is 14.8. The van der Waals surface area contributed by atoms with Crippen LogP contribution in [0.3, 0.4) is 0 Å². The Morgan fingerprint density at radius 3 is 2.57 bits per heavy atom. The minimum Gasteiger partial charge on any atom is -0.395 e. The molecule has 6 nitrogen and oxygen atoms in total. The Kier molecular flexibility index (Phi) is 5.74. The molecule has 1 fully saturated rings. The van der Waals surface area contributed by atoms with Crippen LogP contribution in [-0.2, 0) is 31.3 Å². The van der Waals surface area contributed by atoms with E-state index in [4.69, 9.17) is 4.74 Å². The molecule has 1 spiro atoms. The van der Waals surface area contributed by atoms with E-state index in [1.54, 1.807) is 11.0 Å². The van der Waals surface area contributed by atoms with E-state index in [-0.39, 0.29) is 12.4 Å². The summed E-state index contributed by atoms with van der Waals surface area (Å²) in [6, 6.07) is 4.51. The van der Waals surface area contributed by atoms with Crippen LogP contribution >= 0.6 is 0 Å². The first kappa shape index (κ1) is 20.7. The number of carbonyl (C=O) groups is 2. The number of esters is 2. The third-order valence-electron chi connectivity index (χ3n) is 5.19. The number of piperidine rings is 1. The summed E-state index contributed by atoms with van der Waals surface area (Å²) in [6.45, 7) is 0.406. The largest absolute Gasteiger partial charge is 0.491 e. The van der Waals surface area contributed by atoms with Gasteiger partial charge >= 0.3 is 18.1 Å². The first-order chi connectivity index (χ1) is 13.1. The standard InChI is InChI=1S/C18H19F4NO5/c19-13-2-1-11-10-27-17(14(11)7-13)3-5-23(6-4-17)8-12(9-24)15(25)28-16(26)18(20,21)22/h1-2,7,12,24H,3-6,8-10H2. The maximum Gasteiger partial charge on any atom is 0.491 e. The molecule has 1 N–H and O–H groups in total. The lowest BCUT2D eigenvalue weighted by molar-refractivity contribution is -0.203. The number of carbonyl (C=O) groups excluding carboxylic acids is 2. The van der Waals surface area contributed by atoms with Crippen LogP contribution in [0.5, 0.6) is 0 Å². The molecule has 2 aliphatic heterocycles. The summed E-state index contributed by atoms with van der Waals surface area (Å²) in [4.78, 5) is 24.3. The van der Waals surface area contributed by atoms with Gasteiger partial charge in [-0.15, -0.1) is 0 Å². The van der Waals surface area contributed by atoms with Gasteiger partial charge in [0, 0.05) is 19.6 Å². The molecule has 154 valence electrons. The number of aliphatic hydroxyl groups excluding tert-OH is 1. The van der Waals surface area contributed by atoms with Gasteiger partial charge in [0.1, 0.15) is 5.82 Å². The average molecular weight is 405 g/mol. The summed E-state index contributed by atoms with van der Waals surface area (Å²) in [7, 11) is 0. The van der Waals surface area contributed by atoms with Crippen molar-refractivity contribution in [2.24, 2.45) is 5.92 Å². The van der Waals surface area contributed by atoms with Gasteiger partial charge in [-0.3, -0.25) is 4.79 Å². The first-order valence-electron chi connectivity index (χ1n) is 8.73. The highest BCUT2D eigenvalue weighted by atomic mass is 19.4. The Bertz CT molecular complexity index is 759. The molecule has 1 saturated heterocycles. The van der Waals surface area contributed by atoms with E-state index in [0.29, 0.717) is 32.5 Å². The number of likely N-dealkylation sites (tertiary alicyclic amines) is 1. The van der Waals surface area contributed by atoms with Gasteiger partial charge in [-0.25, -0.2) is 9.18 Å². The summed E-state index contributed by atoms with van der Waals surface area (Å²) in [6.07, 6.45) is -4.29. The second-order valence-corrected chi connectivity index (χ2v) is 6.97. The molecule has 1 aromatic rings. The van der Waals surface area contributed by atoms with Crippen molar-refractivity contribution in [3.8, 4) is 0 Å². The van der Waals surface area contributed by atoms with E-state index in [1.807, 2.05) is 0 Å². The van der Waals surface area contributed by atoms with E-state index in [2.05, 4.69) is 4.74 Å². The van der Waals surface area contributed by atoms with Gasteiger partial charge in [-0.1, -0.05) is 6.07 Å². The Balaban J connectivity index is 1.59. The van der Waals surface area contributed by atoms with Crippen molar-refractivity contribution in [3.05, 3.63) is 35.1 Å². The molecule has 1 unspecified atom stereocenters. The van der Waals surface area contributed by atoms with Crippen molar-refractivity contribution >= 4 is 11.9 Å². The molecule has 0 saturated carbocycles. The van der Waals surface area contributed by atoms with E-state index in [0.717, 1.165) is 11.1 Å². The highest BCUT2D eigenvalue weighted by Crippen LogP contribution is 2.44. The quantitative estimate of drug-likeness (QED) is 0.469. The number of aliphatic hydroxyl groups is 1. The Morgan fingerprint density at radius 2 is 1.96 bits per heavy atom. The van der Waals surface area contributed by atoms with Gasteiger partial charge in [-0.2, -0.15) is 13.2 Å². The number of hydrogen-bond acceptors (Lipinski definition) is 6. The van der Waals surface area contributed by atoms with Crippen LogP contribution < -0.4 is 0 Å². The smallest absolute Gasteiger partial charge is 0.395 e. The lowest BCUT2D eigenvalue weighted by Gasteiger charge is -2.40. The summed E-state index contributed by atoms with van der Waals surface area (Å²) in [5.74, 6) is -5.67. The normalized spacial score (nSPS) is 20.0. The van der Waals surface area contributed by atoms with E-state index in [1.165, 1.54) is 12.1 Å². The number of alkyl halides is 3. The first-order valence-corrected chi connectivity index (χ1v) is 8.73. The summed E-state index contributed by atoms with van der Waals surface area (Å²) in [5, 5.41) is 9.32. The zero-order valence-electron chi connectivity index (χ0n) is 14.8. The zero-order chi connectivity index (χ0) is 20.5. The summed E-state index contributed by atoms with van der Waals surface area (Å²) in [5.41, 5.74) is 1.08. The third-order valence-corrected chi connectivity index (χ3v) is 5.19. The van der Waals surface area contributed by atoms with Crippen LogP contribution in [0.4, 0.5) is 17.6 Å². The Hall–Kier alpha value is -2.04. The summed E-state index contributed by atoms with van der Waals surface area (Å²) >= 11 is 0. The molecule has 1 atom stereocenters. The van der Waals surface area contributed by atoms with Crippen LogP contribution in [0.2, 0.25) is 0 Å². The molecule has 1 aromatic carbocycles. The van der Waals surface area contributed by atoms with Crippen molar-refractivity contribution in [1.82, 2.24) is 4.90 Å². The predicted octanol–water partition coefficient (Wildman–Crippen LogP) is 1.89. The van der Waals surface area contributed by atoms with E-state index < -0.39 is 36.2 Å². The lowest BCUT2D eigenvalue weighted by Crippen LogP contribution is -2.46. The molecular weight excluding hydrogens is 386 g/mol. The fourth-order valence-corrected chi connectivity index (χ4v) is 3.65. The SMILES string of the molecule is O=C(OC(=O)C(F)(F)F)C(CO)CN1CCC2(CC1)OCc1ccc(F)cc12. The Morgan fingerprint density at radius 1 is 1.29 bits per heavy atom. The fraction of sp³-hybridized carbons (Fsp3) is 0.556. The van der Waals surface area contributed by atoms with Crippen LogP contribution in [0, 0.1) is 11.7 Å². The number of rotatable bonds is 4. The lowest BCUT2D eigenvalue weighted by atomic mass is 9.83. The van der Waals surface area contributed by atoms with Crippen molar-refractivity contribution in [3.63, 3.8) is 0 Å². The van der Waals surface area contributed by atoms with Crippen molar-refractivity contribution in [2.45, 2.75) is 31.2 Å². The van der Waals surface area contributed by atoms with Crippen molar-refractivity contribution < 1.29 is 41.7 Å². The van der Waals surface area contributed by atoms with Gasteiger partial charge in [0.25, 0.3) is 0 Å². The molecule has 2 heterocycles. The number of nitrogens with zero attached hydrogens (tertiary/aromatic N) is 1. The molecule has 0 radical (unpaired) electrons. The number of hydrogen-bond donors (Lipinski definition) is 1. The van der Waals surface area contributed by atoms with Crippen LogP contribution in [0.15, 0.2) is 18.2 Å². The van der Waals surface area contributed by atoms with Crippen LogP contribution in [-0.4, -0.2) is 54.4 Å². The molecular formula is C18H19F4NO5. The summed E-state index contributed by atoms with van der Waals surface area (Å²) < 4.78 is 60.0. The minimum atomic E-state index is -5.28. The third kappa shape index (κ3) is 4.18. The second kappa shape index (κ2) is 7.76. The van der Waals surface area contributed by atoms with Crippen LogP contribution in [0.25, 0.3) is 0 Å². The number of ether oxygens (including phenoxy) is 2. The molecule has 3 rings (SSSR count). The van der Waals surface area contributed by atoms with Gasteiger partial charge < -0.3 is 19.5 Å². The highest BCUT2D eigenvalue weighted by Gasteiger charge is 2.45. The maximum atomic E-state index is 13.6. The molecule has 10 heteroatoms. The molecule has 0 aliphatic carbocycles. The van der Waals surface area contributed by atoms with Gasteiger partial charge in [0.2, 0.25) is 0 Å². The number of halogens is 4. The van der Waals surface area contributed by atoms with Gasteiger partial charge in [0.15, 0.2) is 0 Å². The fourth-order valence-electron chi connectivity index (χ4n) is 3.65. The predicted molar refractivity (Wildman–Crippen MR) is 86.3 cm³/mol. The molecule has 0 amide bonds. The topological polar surface area (TPSA) is 76.1 Å². The maximum absolute atomic E-state index is 13.6. The minimum absolute atomic E-state index is 0.0629. The molecule has 2 aliphatic rings. The molecule has 0 aromatic heterocycles. The monoisotopic (exact) mass is 405 g/mol. The number of benzene rings is 1.